The van der Waals surface area contributed by atoms with E-state index in [1.165, 1.54) is 18.3 Å². The van der Waals surface area contributed by atoms with Gasteiger partial charge in [0.15, 0.2) is 6.04 Å². The highest BCUT2D eigenvalue weighted by molar-refractivity contribution is 5.80. The van der Waals surface area contributed by atoms with E-state index in [0.717, 1.165) is 22.2 Å². The molecule has 9 heteroatoms. The number of alkyl halides is 3. The lowest BCUT2D eigenvalue weighted by Crippen LogP contribution is -2.36. The van der Waals surface area contributed by atoms with Crippen molar-refractivity contribution in [1.82, 2.24) is 15.1 Å². The van der Waals surface area contributed by atoms with E-state index < -0.39 is 18.3 Å². The van der Waals surface area contributed by atoms with Gasteiger partial charge in [-0.25, -0.2) is 9.07 Å². The van der Waals surface area contributed by atoms with E-state index >= 15 is 0 Å². The molecule has 2 atom stereocenters. The van der Waals surface area contributed by atoms with Gasteiger partial charge < -0.3 is 10.6 Å². The lowest BCUT2D eigenvalue weighted by Gasteiger charge is -2.34. The van der Waals surface area contributed by atoms with Crippen LogP contribution in [0.25, 0.3) is 0 Å². The van der Waals surface area contributed by atoms with E-state index in [0.29, 0.717) is 11.1 Å². The quantitative estimate of drug-likeness (QED) is 0.503. The molecule has 0 saturated carbocycles. The zero-order valence-corrected chi connectivity index (χ0v) is 18.0. The van der Waals surface area contributed by atoms with Gasteiger partial charge in [-0.15, -0.1) is 0 Å². The predicted molar refractivity (Wildman–Crippen MR) is 116 cm³/mol. The van der Waals surface area contributed by atoms with Crippen molar-refractivity contribution < 1.29 is 22.4 Å². The predicted octanol–water partition coefficient (Wildman–Crippen LogP) is 5.10. The topological polar surface area (TPSA) is 59.0 Å². The summed E-state index contributed by atoms with van der Waals surface area (Å²) in [7, 11) is 0. The molecule has 0 spiro atoms. The summed E-state index contributed by atoms with van der Waals surface area (Å²) >= 11 is 0. The maximum absolute atomic E-state index is 13.8. The van der Waals surface area contributed by atoms with Crippen molar-refractivity contribution in [2.24, 2.45) is 0 Å². The van der Waals surface area contributed by atoms with Crippen LogP contribution in [0.4, 0.5) is 23.4 Å². The molecule has 0 fully saturated rings. The van der Waals surface area contributed by atoms with Gasteiger partial charge >= 0.3 is 6.18 Å². The van der Waals surface area contributed by atoms with Crippen LogP contribution in [0.3, 0.4) is 0 Å². The van der Waals surface area contributed by atoms with Gasteiger partial charge in [-0.2, -0.15) is 18.3 Å². The number of carbonyl (C=O) groups excluding carboxylic acids is 1. The minimum absolute atomic E-state index is 0.129. The first-order valence-electron chi connectivity index (χ1n) is 10.7. The smallest absolute Gasteiger partial charge is 0.363 e. The molecule has 1 aromatic heterocycles. The van der Waals surface area contributed by atoms with Crippen LogP contribution in [0.2, 0.25) is 0 Å². The number of benzene rings is 2. The van der Waals surface area contributed by atoms with Crippen molar-refractivity contribution in [2.75, 3.05) is 5.32 Å². The Bertz CT molecular complexity index is 1110. The molecule has 3 aromatic rings. The highest BCUT2D eigenvalue weighted by Crippen LogP contribution is 2.44. The number of aryl methyl sites for hydroxylation is 1. The Morgan fingerprint density at radius 2 is 1.79 bits per heavy atom. The molecule has 0 aliphatic carbocycles. The molecule has 2 N–H and O–H groups in total. The molecule has 2 heterocycles. The molecule has 0 unspecified atom stereocenters. The summed E-state index contributed by atoms with van der Waals surface area (Å²) < 4.78 is 55.5. The molecular formula is C24H24F4N4O. The van der Waals surface area contributed by atoms with Crippen molar-refractivity contribution in [2.45, 2.75) is 51.0 Å². The Hall–Kier alpha value is -3.36. The SMILES string of the molecule is CCc1ccc([C@@H]2C[C@H](C(F)(F)F)n3ncc(CC(=O)NCc4ccc(F)cc4)c3N2)cc1. The molecule has 4 rings (SSSR count). The molecule has 33 heavy (non-hydrogen) atoms. The van der Waals surface area contributed by atoms with E-state index in [9.17, 15) is 22.4 Å². The molecular weight excluding hydrogens is 436 g/mol. The van der Waals surface area contributed by atoms with Crippen molar-refractivity contribution in [1.29, 1.82) is 0 Å². The molecule has 1 aliphatic heterocycles. The van der Waals surface area contributed by atoms with E-state index in [4.69, 9.17) is 0 Å². The zero-order valence-electron chi connectivity index (χ0n) is 18.0. The summed E-state index contributed by atoms with van der Waals surface area (Å²) in [5.41, 5.74) is 2.95. The lowest BCUT2D eigenvalue weighted by atomic mass is 9.95. The first kappa shape index (κ1) is 22.8. The van der Waals surface area contributed by atoms with Crippen molar-refractivity contribution in [3.8, 4) is 0 Å². The van der Waals surface area contributed by atoms with Gasteiger partial charge in [0.05, 0.1) is 18.7 Å². The van der Waals surface area contributed by atoms with Crippen molar-refractivity contribution in [3.63, 3.8) is 0 Å². The third-order valence-electron chi connectivity index (χ3n) is 5.86. The Kier molecular flexibility index (Phi) is 6.40. The van der Waals surface area contributed by atoms with Gasteiger partial charge in [0.25, 0.3) is 0 Å². The van der Waals surface area contributed by atoms with Crippen LogP contribution in [0.5, 0.6) is 0 Å². The molecule has 1 amide bonds. The van der Waals surface area contributed by atoms with Crippen LogP contribution >= 0.6 is 0 Å². The number of hydrogen-bond acceptors (Lipinski definition) is 3. The highest BCUT2D eigenvalue weighted by atomic mass is 19.4. The Balaban J connectivity index is 1.53. The number of aromatic nitrogens is 2. The fraction of sp³-hybridized carbons (Fsp3) is 0.333. The Morgan fingerprint density at radius 1 is 1.12 bits per heavy atom. The van der Waals surface area contributed by atoms with E-state index in [1.807, 2.05) is 31.2 Å². The normalized spacial score (nSPS) is 17.8. The molecule has 0 saturated heterocycles. The number of halogens is 4. The molecule has 174 valence electrons. The minimum Gasteiger partial charge on any atom is -0.363 e. The third kappa shape index (κ3) is 5.18. The summed E-state index contributed by atoms with van der Waals surface area (Å²) in [6.07, 6.45) is -2.66. The van der Waals surface area contributed by atoms with Gasteiger partial charge in [0.1, 0.15) is 11.6 Å². The summed E-state index contributed by atoms with van der Waals surface area (Å²) in [5, 5.41) is 9.83. The average molecular weight is 460 g/mol. The van der Waals surface area contributed by atoms with Crippen LogP contribution in [0.1, 0.15) is 47.7 Å². The average Bonchev–Trinajstić information content (AvgIpc) is 3.20. The fourth-order valence-electron chi connectivity index (χ4n) is 3.99. The van der Waals surface area contributed by atoms with Gasteiger partial charge in [-0.05, 0) is 35.2 Å². The van der Waals surface area contributed by atoms with Gasteiger partial charge in [-0.3, -0.25) is 4.79 Å². The van der Waals surface area contributed by atoms with Crippen LogP contribution in [0, 0.1) is 5.82 Å². The highest BCUT2D eigenvalue weighted by Gasteiger charge is 2.46. The first-order valence-corrected chi connectivity index (χ1v) is 10.7. The van der Waals surface area contributed by atoms with Crippen LogP contribution < -0.4 is 10.6 Å². The number of fused-ring (bicyclic) bond motifs is 1. The number of nitrogens with one attached hydrogen (secondary N) is 2. The molecule has 1 aliphatic rings. The number of amides is 1. The number of anilines is 1. The third-order valence-corrected chi connectivity index (χ3v) is 5.86. The largest absolute Gasteiger partial charge is 0.410 e. The van der Waals surface area contributed by atoms with E-state index in [1.54, 1.807) is 12.1 Å². The second-order valence-electron chi connectivity index (χ2n) is 8.13. The Labute approximate surface area is 188 Å². The molecule has 5 nitrogen and oxygen atoms in total. The maximum atomic E-state index is 13.8. The summed E-state index contributed by atoms with van der Waals surface area (Å²) in [5.74, 6) is -0.541. The number of hydrogen-bond donors (Lipinski definition) is 2. The summed E-state index contributed by atoms with van der Waals surface area (Å²) in [6.45, 7) is 2.20. The van der Waals surface area contributed by atoms with Gasteiger partial charge in [-0.1, -0.05) is 43.3 Å². The minimum atomic E-state index is -4.48. The maximum Gasteiger partial charge on any atom is 0.410 e. The second kappa shape index (κ2) is 9.25. The number of nitrogens with zero attached hydrogens (tertiary/aromatic N) is 2. The standard InChI is InChI=1S/C24H24F4N4O/c1-2-15-3-7-17(8-4-15)20-12-21(24(26,27)28)32-23(31-20)18(14-30-32)11-22(33)29-13-16-5-9-19(25)10-6-16/h3-10,14,20-21,31H,2,11-13H2,1H3,(H,29,33)/t20-,21+/m0/s1. The van der Waals surface area contributed by atoms with Crippen LogP contribution in [0.15, 0.2) is 54.7 Å². The fourth-order valence-corrected chi connectivity index (χ4v) is 3.99. The molecule has 0 radical (unpaired) electrons. The van der Waals surface area contributed by atoms with Crippen molar-refractivity contribution >= 4 is 11.7 Å². The van der Waals surface area contributed by atoms with Crippen LogP contribution in [-0.4, -0.2) is 21.9 Å². The number of carbonyl (C=O) groups is 1. The van der Waals surface area contributed by atoms with Gasteiger partial charge in [0.2, 0.25) is 5.91 Å². The molecule has 2 aromatic carbocycles. The second-order valence-corrected chi connectivity index (χ2v) is 8.13. The van der Waals surface area contributed by atoms with Crippen LogP contribution in [-0.2, 0) is 24.2 Å². The lowest BCUT2D eigenvalue weighted by molar-refractivity contribution is -0.173. The van der Waals surface area contributed by atoms with E-state index in [-0.39, 0.29) is 36.9 Å². The summed E-state index contributed by atoms with van der Waals surface area (Å²) in [6, 6.07) is 10.9. The Morgan fingerprint density at radius 3 is 2.42 bits per heavy atom. The molecule has 0 bridgehead atoms. The van der Waals surface area contributed by atoms with Gasteiger partial charge in [0, 0.05) is 18.5 Å². The monoisotopic (exact) mass is 460 g/mol. The summed E-state index contributed by atoms with van der Waals surface area (Å²) in [4.78, 5) is 12.5. The first-order chi connectivity index (χ1) is 15.7. The number of rotatable bonds is 6. The zero-order chi connectivity index (χ0) is 23.6. The van der Waals surface area contributed by atoms with Crippen molar-refractivity contribution in [3.05, 3.63) is 82.8 Å². The van der Waals surface area contributed by atoms with E-state index in [2.05, 4.69) is 15.7 Å².